The van der Waals surface area contributed by atoms with E-state index >= 15 is 0 Å². The van der Waals surface area contributed by atoms with Crippen LogP contribution in [0.1, 0.15) is 88.5 Å². The van der Waals surface area contributed by atoms with Gasteiger partial charge in [0.2, 0.25) is 11.8 Å². The topological polar surface area (TPSA) is 175 Å². The zero-order valence-electron chi connectivity index (χ0n) is 30.2. The molecule has 6 atom stereocenters. The lowest BCUT2D eigenvalue weighted by atomic mass is 10.0. The number of likely N-dealkylation sites (tertiary alicyclic amines) is 2. The number of carbonyl (C=O) groups excluding carboxylic acids is 4. The van der Waals surface area contributed by atoms with Gasteiger partial charge in [-0.1, -0.05) is 39.7 Å². The summed E-state index contributed by atoms with van der Waals surface area (Å²) in [6.07, 6.45) is 10.00. The highest BCUT2D eigenvalue weighted by Gasteiger charge is 2.40. The maximum absolute atomic E-state index is 13.5. The number of ether oxygens (including phenoxy) is 2. The van der Waals surface area contributed by atoms with Crippen LogP contribution >= 0.6 is 23.5 Å². The Bertz CT molecular complexity index is 1810. The normalized spacial score (nSPS) is 23.5. The molecular formula is C36H46N8O6S2. The molecule has 0 spiro atoms. The van der Waals surface area contributed by atoms with Gasteiger partial charge in [-0.15, -0.1) is 23.5 Å². The van der Waals surface area contributed by atoms with Crippen LogP contribution in [-0.4, -0.2) is 104 Å². The van der Waals surface area contributed by atoms with Crippen molar-refractivity contribution in [3.63, 3.8) is 0 Å². The Morgan fingerprint density at radius 1 is 0.788 bits per heavy atom. The number of methoxy groups -OCH3 is 2. The van der Waals surface area contributed by atoms with E-state index in [-0.39, 0.29) is 46.2 Å². The lowest BCUT2D eigenvalue weighted by Gasteiger charge is -2.30. The number of rotatable bonds is 9. The van der Waals surface area contributed by atoms with E-state index in [1.165, 1.54) is 14.2 Å². The van der Waals surface area contributed by atoms with Crippen LogP contribution in [0.25, 0.3) is 4.91 Å². The number of carbonyl (C=O) groups is 4. The van der Waals surface area contributed by atoms with E-state index in [0.29, 0.717) is 24.6 Å². The number of alkyl carbamates (subject to hydrolysis) is 2. The number of H-pyrrole nitrogens is 2. The number of amides is 4. The number of thioether (sulfide) groups is 2. The van der Waals surface area contributed by atoms with Crippen molar-refractivity contribution in [3.8, 4) is 11.8 Å². The van der Waals surface area contributed by atoms with Gasteiger partial charge in [0.05, 0.1) is 49.3 Å². The second-order valence-corrected chi connectivity index (χ2v) is 16.4. The third-order valence-electron chi connectivity index (χ3n) is 9.74. The summed E-state index contributed by atoms with van der Waals surface area (Å²) in [5, 5.41) is 5.85. The van der Waals surface area contributed by atoms with Gasteiger partial charge in [0.25, 0.3) is 0 Å². The molecule has 2 saturated heterocycles. The highest BCUT2D eigenvalue weighted by Crippen LogP contribution is 2.50. The number of aromatic nitrogens is 4. The summed E-state index contributed by atoms with van der Waals surface area (Å²) in [6.45, 7) is 8.78. The first-order valence-corrected chi connectivity index (χ1v) is 19.4. The molecule has 14 nitrogen and oxygen atoms in total. The molecule has 2 unspecified atom stereocenters. The van der Waals surface area contributed by atoms with Gasteiger partial charge in [0.1, 0.15) is 29.4 Å². The van der Waals surface area contributed by atoms with Crippen LogP contribution in [0.3, 0.4) is 0 Å². The highest BCUT2D eigenvalue weighted by molar-refractivity contribution is 8.12. The molecule has 0 radical (unpaired) electrons. The quantitative estimate of drug-likeness (QED) is 0.263. The number of aromatic amines is 2. The van der Waals surface area contributed by atoms with Crippen molar-refractivity contribution in [3.05, 3.63) is 52.5 Å². The molecular weight excluding hydrogens is 705 g/mol. The number of nitrogens with one attached hydrogen (secondary N) is 4. The summed E-state index contributed by atoms with van der Waals surface area (Å²) in [4.78, 5) is 72.6. The predicted octanol–water partition coefficient (Wildman–Crippen LogP) is 4.73. The average molecular weight is 751 g/mol. The van der Waals surface area contributed by atoms with Gasteiger partial charge < -0.3 is 39.9 Å². The van der Waals surface area contributed by atoms with E-state index in [1.54, 1.807) is 34.6 Å². The molecule has 4 aliphatic rings. The van der Waals surface area contributed by atoms with Crippen LogP contribution in [0, 0.1) is 23.7 Å². The van der Waals surface area contributed by atoms with Crippen molar-refractivity contribution >= 4 is 52.4 Å². The molecule has 6 heterocycles. The largest absolute Gasteiger partial charge is 0.453 e. The number of allylic oxidation sites excluding steroid dienone is 1. The van der Waals surface area contributed by atoms with Crippen molar-refractivity contribution in [2.75, 3.05) is 27.3 Å². The second kappa shape index (κ2) is 16.1. The molecule has 52 heavy (non-hydrogen) atoms. The molecule has 4 aliphatic heterocycles. The van der Waals surface area contributed by atoms with Gasteiger partial charge in [0.15, 0.2) is 0 Å². The first kappa shape index (κ1) is 37.4. The fraction of sp³-hybridized carbons (Fsp3) is 0.556. The van der Waals surface area contributed by atoms with E-state index in [1.807, 2.05) is 38.8 Å². The van der Waals surface area contributed by atoms with Crippen LogP contribution in [-0.2, 0) is 19.1 Å². The molecule has 0 aromatic carbocycles. The number of imidazole rings is 2. The summed E-state index contributed by atoms with van der Waals surface area (Å²) >= 11 is 3.49. The number of nitrogens with zero attached hydrogens (tertiary/aromatic N) is 4. The Labute approximate surface area is 312 Å². The lowest BCUT2D eigenvalue weighted by molar-refractivity contribution is -0.136. The molecule has 278 valence electrons. The minimum atomic E-state index is -0.690. The van der Waals surface area contributed by atoms with Gasteiger partial charge >= 0.3 is 12.2 Å². The van der Waals surface area contributed by atoms with E-state index in [2.05, 4.69) is 49.6 Å². The Hall–Kier alpha value is -4.36. The van der Waals surface area contributed by atoms with Crippen LogP contribution in [0.5, 0.6) is 0 Å². The smallest absolute Gasteiger partial charge is 0.407 e. The van der Waals surface area contributed by atoms with Crippen molar-refractivity contribution in [1.29, 1.82) is 0 Å². The fourth-order valence-electron chi connectivity index (χ4n) is 7.00. The summed E-state index contributed by atoms with van der Waals surface area (Å²) < 4.78 is 9.49. The van der Waals surface area contributed by atoms with Gasteiger partial charge in [-0.25, -0.2) is 19.6 Å². The van der Waals surface area contributed by atoms with Crippen LogP contribution in [0.2, 0.25) is 0 Å². The Morgan fingerprint density at radius 3 is 1.87 bits per heavy atom. The van der Waals surface area contributed by atoms with E-state index in [0.717, 1.165) is 47.0 Å². The van der Waals surface area contributed by atoms with Crippen molar-refractivity contribution < 1.29 is 28.7 Å². The minimum absolute atomic E-state index is 0.0986. The summed E-state index contributed by atoms with van der Waals surface area (Å²) in [5.41, 5.74) is 1.60. The fourth-order valence-corrected chi connectivity index (χ4v) is 9.72. The third-order valence-corrected chi connectivity index (χ3v) is 12.4. The van der Waals surface area contributed by atoms with Gasteiger partial charge in [-0.05, 0) is 49.5 Å². The molecule has 6 rings (SSSR count). The predicted molar refractivity (Wildman–Crippen MR) is 199 cm³/mol. The minimum Gasteiger partial charge on any atom is -0.453 e. The molecule has 2 aromatic heterocycles. The van der Waals surface area contributed by atoms with Crippen molar-refractivity contribution in [2.45, 2.75) is 88.0 Å². The Balaban J connectivity index is 1.06. The zero-order chi connectivity index (χ0) is 37.1. The van der Waals surface area contributed by atoms with Gasteiger partial charge in [0, 0.05) is 28.5 Å². The Kier molecular flexibility index (Phi) is 11.6. The highest BCUT2D eigenvalue weighted by atomic mass is 32.2. The van der Waals surface area contributed by atoms with E-state index in [4.69, 9.17) is 14.5 Å². The molecule has 4 N–H and O–H groups in total. The first-order chi connectivity index (χ1) is 25.0. The van der Waals surface area contributed by atoms with Crippen LogP contribution in [0.4, 0.5) is 9.59 Å². The molecule has 16 heteroatoms. The maximum atomic E-state index is 13.5. The number of fused-ring (bicyclic) bond motifs is 1. The zero-order valence-corrected chi connectivity index (χ0v) is 31.9. The number of hydrogen-bond acceptors (Lipinski definition) is 10. The monoisotopic (exact) mass is 750 g/mol. The third kappa shape index (κ3) is 8.00. The molecule has 0 bridgehead atoms. The first-order valence-electron chi connectivity index (χ1n) is 17.7. The van der Waals surface area contributed by atoms with Crippen molar-refractivity contribution in [2.24, 2.45) is 11.8 Å². The van der Waals surface area contributed by atoms with E-state index in [9.17, 15) is 19.2 Å². The van der Waals surface area contributed by atoms with Crippen LogP contribution in [0.15, 0.2) is 29.5 Å². The molecule has 2 fully saturated rings. The Morgan fingerprint density at radius 2 is 1.33 bits per heavy atom. The summed E-state index contributed by atoms with van der Waals surface area (Å²) in [6, 6.07) is -1.78. The van der Waals surface area contributed by atoms with Crippen LogP contribution < -0.4 is 10.6 Å². The maximum Gasteiger partial charge on any atom is 0.407 e. The molecule has 0 saturated carbocycles. The van der Waals surface area contributed by atoms with Gasteiger partial charge in [-0.3, -0.25) is 9.59 Å². The standard InChI is InChI=1S/C36H46N8O6S2/c1-19(2)29(41-35(47)49-5)33(45)43-13-7-9-24(43)31-37-17-21(39-31)11-12-22-15-27-28(51-22)16-26(52-27)23-18-38-32(40-23)25-10-8-14-44(25)34(46)30(20(3)4)42-36(48)50-6/h15-20,24-25,27-30H,7-10,13-14H2,1-6H3,(H,37,39)(H,38,40)(H,41,47)(H,42,48)/t24-,25-,27?,28?,29-,30-/m0/s1. The van der Waals surface area contributed by atoms with Crippen molar-refractivity contribution in [1.82, 2.24) is 40.4 Å². The average Bonchev–Trinajstić information content (AvgIpc) is 3.96. The second-order valence-electron chi connectivity index (χ2n) is 13.9. The van der Waals surface area contributed by atoms with E-state index < -0.39 is 24.3 Å². The summed E-state index contributed by atoms with van der Waals surface area (Å²) in [7, 11) is 2.57. The van der Waals surface area contributed by atoms with Gasteiger partial charge in [-0.2, -0.15) is 0 Å². The molecule has 4 amide bonds. The lowest BCUT2D eigenvalue weighted by Crippen LogP contribution is -2.51. The molecule has 2 aromatic rings. The molecule has 0 aliphatic carbocycles. The number of hydrogen-bond donors (Lipinski definition) is 4. The SMILES string of the molecule is COC(=O)N[C@H](C(=O)N1CCC[C@H]1c1ncc(C#CC2=CC3SC(c4cnc([C@@H]5CCCN5C(=O)[C@@H](NC(=O)OC)C(C)C)[nH]4)=CC3S2)[nH]1)C(C)C. The summed E-state index contributed by atoms with van der Waals surface area (Å²) in [5.74, 6) is 7.46.